The molecule has 1 aromatic carbocycles. The summed E-state index contributed by atoms with van der Waals surface area (Å²) >= 11 is 1.63. The third-order valence-corrected chi connectivity index (χ3v) is 5.76. The molecule has 2 aromatic heterocycles. The fourth-order valence-electron chi connectivity index (χ4n) is 3.28. The second-order valence-electron chi connectivity index (χ2n) is 7.69. The van der Waals surface area contributed by atoms with Gasteiger partial charge < -0.3 is 0 Å². The zero-order valence-electron chi connectivity index (χ0n) is 15.2. The molecule has 1 saturated heterocycles. The van der Waals surface area contributed by atoms with Gasteiger partial charge in [0.15, 0.2) is 11.6 Å². The Bertz CT molecular complexity index is 858. The minimum absolute atomic E-state index is 0.248. The summed E-state index contributed by atoms with van der Waals surface area (Å²) in [7, 11) is 0. The van der Waals surface area contributed by atoms with Gasteiger partial charge in [0.2, 0.25) is 0 Å². The summed E-state index contributed by atoms with van der Waals surface area (Å²) in [6, 6.07) is 8.45. The van der Waals surface area contributed by atoms with Gasteiger partial charge in [-0.15, -0.1) is 5.10 Å². The van der Waals surface area contributed by atoms with E-state index in [0.29, 0.717) is 5.41 Å². The molecule has 0 aliphatic carbocycles. The highest BCUT2D eigenvalue weighted by Gasteiger charge is 2.26. The highest BCUT2D eigenvalue weighted by molar-refractivity contribution is 7.08. The van der Waals surface area contributed by atoms with E-state index in [4.69, 9.17) is 10.1 Å². The SMILES string of the molecule is CC1(C)CCN(Cc2nc(-c3ccsc3)n(-c3ccc(F)cc3)n2)CC1. The second kappa shape index (κ2) is 6.93. The van der Waals surface area contributed by atoms with Crippen molar-refractivity contribution in [2.75, 3.05) is 13.1 Å². The van der Waals surface area contributed by atoms with Crippen LogP contribution in [0.3, 0.4) is 0 Å². The minimum Gasteiger partial charge on any atom is -0.296 e. The predicted molar refractivity (Wildman–Crippen MR) is 103 cm³/mol. The van der Waals surface area contributed by atoms with Gasteiger partial charge in [-0.2, -0.15) is 11.3 Å². The highest BCUT2D eigenvalue weighted by atomic mass is 32.1. The Balaban J connectivity index is 1.62. The van der Waals surface area contributed by atoms with Gasteiger partial charge in [-0.25, -0.2) is 14.1 Å². The van der Waals surface area contributed by atoms with E-state index in [1.807, 2.05) is 16.1 Å². The van der Waals surface area contributed by atoms with Gasteiger partial charge in [-0.05, 0) is 67.1 Å². The standard InChI is InChI=1S/C20H23FN4S/c1-20(2)8-10-24(11-9-20)13-18-22-19(15-7-12-26-14-15)25(23-18)17-5-3-16(21)4-6-17/h3-7,12,14H,8-11,13H2,1-2H3. The summed E-state index contributed by atoms with van der Waals surface area (Å²) in [5.41, 5.74) is 2.29. The molecule has 0 unspecified atom stereocenters. The number of benzene rings is 1. The van der Waals surface area contributed by atoms with Crippen molar-refractivity contribution < 1.29 is 4.39 Å². The van der Waals surface area contributed by atoms with Crippen molar-refractivity contribution in [3.05, 3.63) is 52.7 Å². The number of aromatic nitrogens is 3. The van der Waals surface area contributed by atoms with Crippen LogP contribution >= 0.6 is 11.3 Å². The Morgan fingerprint density at radius 1 is 1.12 bits per heavy atom. The Morgan fingerprint density at radius 3 is 2.50 bits per heavy atom. The molecule has 4 rings (SSSR count). The molecule has 0 radical (unpaired) electrons. The van der Waals surface area contributed by atoms with Crippen LogP contribution in [0.15, 0.2) is 41.1 Å². The quantitative estimate of drug-likeness (QED) is 0.664. The van der Waals surface area contributed by atoms with Gasteiger partial charge in [0.05, 0.1) is 12.2 Å². The number of piperidine rings is 1. The molecular formula is C20H23FN4S. The molecule has 6 heteroatoms. The van der Waals surface area contributed by atoms with Gasteiger partial charge in [-0.1, -0.05) is 13.8 Å². The van der Waals surface area contributed by atoms with Crippen molar-refractivity contribution in [2.24, 2.45) is 5.41 Å². The summed E-state index contributed by atoms with van der Waals surface area (Å²) in [6.45, 7) is 7.57. The Hall–Kier alpha value is -2.05. The van der Waals surface area contributed by atoms with Crippen molar-refractivity contribution >= 4 is 11.3 Å². The van der Waals surface area contributed by atoms with Crippen molar-refractivity contribution in [1.29, 1.82) is 0 Å². The molecule has 0 bridgehead atoms. The number of hydrogen-bond donors (Lipinski definition) is 0. The maximum absolute atomic E-state index is 13.3. The van der Waals surface area contributed by atoms with Crippen molar-refractivity contribution in [1.82, 2.24) is 19.7 Å². The molecule has 1 fully saturated rings. The van der Waals surface area contributed by atoms with Crippen LogP contribution in [0.1, 0.15) is 32.5 Å². The van der Waals surface area contributed by atoms with Crippen LogP contribution in [0.5, 0.6) is 0 Å². The molecule has 1 aliphatic rings. The van der Waals surface area contributed by atoms with E-state index in [0.717, 1.165) is 42.5 Å². The largest absolute Gasteiger partial charge is 0.296 e. The minimum atomic E-state index is -0.248. The molecule has 0 amide bonds. The first-order valence-corrected chi connectivity index (χ1v) is 9.91. The lowest BCUT2D eigenvalue weighted by molar-refractivity contribution is 0.124. The smallest absolute Gasteiger partial charge is 0.165 e. The van der Waals surface area contributed by atoms with Gasteiger partial charge in [-0.3, -0.25) is 4.90 Å². The molecule has 136 valence electrons. The molecule has 0 atom stereocenters. The van der Waals surface area contributed by atoms with E-state index >= 15 is 0 Å². The van der Waals surface area contributed by atoms with E-state index in [-0.39, 0.29) is 5.82 Å². The lowest BCUT2D eigenvalue weighted by atomic mass is 9.83. The topological polar surface area (TPSA) is 34.0 Å². The molecule has 0 N–H and O–H groups in total. The maximum atomic E-state index is 13.3. The van der Waals surface area contributed by atoms with Crippen LogP contribution in [-0.2, 0) is 6.54 Å². The molecule has 3 heterocycles. The molecule has 26 heavy (non-hydrogen) atoms. The summed E-state index contributed by atoms with van der Waals surface area (Å²) in [4.78, 5) is 7.23. The van der Waals surface area contributed by atoms with Crippen LogP contribution in [0, 0.1) is 11.2 Å². The predicted octanol–water partition coefficient (Wildman–Crippen LogP) is 4.76. The Morgan fingerprint density at radius 2 is 1.85 bits per heavy atom. The summed E-state index contributed by atoms with van der Waals surface area (Å²) in [6.07, 6.45) is 2.39. The number of halogens is 1. The average Bonchev–Trinajstić information content (AvgIpc) is 3.27. The van der Waals surface area contributed by atoms with Gasteiger partial charge in [0.1, 0.15) is 5.82 Å². The summed E-state index contributed by atoms with van der Waals surface area (Å²) < 4.78 is 15.1. The first-order chi connectivity index (χ1) is 12.5. The van der Waals surface area contributed by atoms with E-state index in [1.165, 1.54) is 25.0 Å². The van der Waals surface area contributed by atoms with Crippen LogP contribution < -0.4 is 0 Å². The summed E-state index contributed by atoms with van der Waals surface area (Å²) in [5, 5.41) is 8.84. The summed E-state index contributed by atoms with van der Waals surface area (Å²) in [5.74, 6) is 1.38. The number of rotatable bonds is 4. The third kappa shape index (κ3) is 3.71. The fourth-order valence-corrected chi connectivity index (χ4v) is 3.91. The molecule has 3 aromatic rings. The van der Waals surface area contributed by atoms with Gasteiger partial charge >= 0.3 is 0 Å². The molecular weight excluding hydrogens is 347 g/mol. The van der Waals surface area contributed by atoms with Crippen LogP contribution in [0.25, 0.3) is 17.1 Å². The maximum Gasteiger partial charge on any atom is 0.165 e. The second-order valence-corrected chi connectivity index (χ2v) is 8.47. The van der Waals surface area contributed by atoms with E-state index in [2.05, 4.69) is 24.1 Å². The van der Waals surface area contributed by atoms with E-state index in [9.17, 15) is 4.39 Å². The van der Waals surface area contributed by atoms with E-state index in [1.54, 1.807) is 23.5 Å². The van der Waals surface area contributed by atoms with E-state index < -0.39 is 0 Å². The Labute approximate surface area is 157 Å². The third-order valence-electron chi connectivity index (χ3n) is 5.08. The lowest BCUT2D eigenvalue weighted by Gasteiger charge is -2.36. The van der Waals surface area contributed by atoms with Crippen LogP contribution in [-0.4, -0.2) is 32.8 Å². The number of thiophene rings is 1. The number of likely N-dealkylation sites (tertiary alicyclic amines) is 1. The monoisotopic (exact) mass is 370 g/mol. The number of hydrogen-bond acceptors (Lipinski definition) is 4. The lowest BCUT2D eigenvalue weighted by Crippen LogP contribution is -2.37. The molecule has 1 aliphatic heterocycles. The van der Waals surface area contributed by atoms with Crippen molar-refractivity contribution in [3.63, 3.8) is 0 Å². The normalized spacial score (nSPS) is 17.5. The highest BCUT2D eigenvalue weighted by Crippen LogP contribution is 2.30. The molecule has 0 saturated carbocycles. The first-order valence-electron chi connectivity index (χ1n) is 8.97. The van der Waals surface area contributed by atoms with Crippen LogP contribution in [0.2, 0.25) is 0 Å². The van der Waals surface area contributed by atoms with Gasteiger partial charge in [0, 0.05) is 10.9 Å². The Kier molecular flexibility index (Phi) is 4.63. The zero-order chi connectivity index (χ0) is 18.1. The average molecular weight is 370 g/mol. The van der Waals surface area contributed by atoms with Gasteiger partial charge in [0.25, 0.3) is 0 Å². The molecule has 0 spiro atoms. The molecule has 4 nitrogen and oxygen atoms in total. The van der Waals surface area contributed by atoms with Crippen molar-refractivity contribution in [2.45, 2.75) is 33.2 Å². The number of nitrogens with zero attached hydrogens (tertiary/aromatic N) is 4. The fraction of sp³-hybridized carbons (Fsp3) is 0.400. The van der Waals surface area contributed by atoms with Crippen molar-refractivity contribution in [3.8, 4) is 17.1 Å². The first kappa shape index (κ1) is 17.4. The van der Waals surface area contributed by atoms with Crippen LogP contribution in [0.4, 0.5) is 4.39 Å². The zero-order valence-corrected chi connectivity index (χ0v) is 16.0.